The summed E-state index contributed by atoms with van der Waals surface area (Å²) in [5, 5.41) is 5.33. The van der Waals surface area contributed by atoms with Crippen LogP contribution in [0.25, 0.3) is 0 Å². The molecule has 0 radical (unpaired) electrons. The minimum absolute atomic E-state index is 0.134. The summed E-state index contributed by atoms with van der Waals surface area (Å²) in [7, 11) is 0. The molecule has 3 nitrogen and oxygen atoms in total. The van der Waals surface area contributed by atoms with Gasteiger partial charge in [0.05, 0.1) is 16.4 Å². The third kappa shape index (κ3) is 3.99. The second-order valence-corrected chi connectivity index (χ2v) is 6.48. The minimum atomic E-state index is 0.134. The molecule has 1 aromatic heterocycles. The summed E-state index contributed by atoms with van der Waals surface area (Å²) >= 11 is 6.38. The zero-order valence-electron chi connectivity index (χ0n) is 12.3. The molecule has 0 saturated carbocycles. The van der Waals surface area contributed by atoms with Crippen molar-refractivity contribution in [2.75, 3.05) is 0 Å². The Kier molecular flexibility index (Phi) is 5.23. The zero-order chi connectivity index (χ0) is 13.9. The van der Waals surface area contributed by atoms with Gasteiger partial charge in [-0.1, -0.05) is 39.3 Å². The highest BCUT2D eigenvalue weighted by atomic mass is 35.5. The molecule has 1 heterocycles. The smallest absolute Gasteiger partial charge is 0.0850 e. The average Bonchev–Trinajstić information content (AvgIpc) is 2.53. The molecule has 0 aliphatic rings. The molecular formula is C14H26ClN3. The molecule has 0 bridgehead atoms. The summed E-state index contributed by atoms with van der Waals surface area (Å²) in [6.07, 6.45) is 2.66. The summed E-state index contributed by atoms with van der Waals surface area (Å²) in [5.41, 5.74) is 8.56. The van der Waals surface area contributed by atoms with E-state index in [9.17, 15) is 0 Å². The quantitative estimate of drug-likeness (QED) is 0.892. The maximum atomic E-state index is 6.38. The largest absolute Gasteiger partial charge is 0.327 e. The normalized spacial score (nSPS) is 13.9. The summed E-state index contributed by atoms with van der Waals surface area (Å²) in [6, 6.07) is 0.134. The number of hydrogen-bond donors (Lipinski definition) is 1. The molecule has 4 heteroatoms. The molecule has 0 amide bonds. The van der Waals surface area contributed by atoms with E-state index in [4.69, 9.17) is 17.3 Å². The minimum Gasteiger partial charge on any atom is -0.327 e. The highest BCUT2D eigenvalue weighted by Crippen LogP contribution is 2.26. The van der Waals surface area contributed by atoms with E-state index in [1.165, 1.54) is 0 Å². The van der Waals surface area contributed by atoms with Gasteiger partial charge in [-0.05, 0) is 25.2 Å². The van der Waals surface area contributed by atoms with Crippen molar-refractivity contribution in [3.05, 3.63) is 16.4 Å². The van der Waals surface area contributed by atoms with Crippen LogP contribution in [-0.2, 0) is 19.4 Å². The second-order valence-electron chi connectivity index (χ2n) is 6.11. The van der Waals surface area contributed by atoms with E-state index in [0.29, 0.717) is 0 Å². The molecular weight excluding hydrogens is 246 g/mol. The Bertz CT molecular complexity index is 390. The van der Waals surface area contributed by atoms with Gasteiger partial charge in [0.15, 0.2) is 0 Å². The van der Waals surface area contributed by atoms with Crippen LogP contribution in [0.3, 0.4) is 0 Å². The molecule has 18 heavy (non-hydrogen) atoms. The zero-order valence-corrected chi connectivity index (χ0v) is 13.0. The van der Waals surface area contributed by atoms with Gasteiger partial charge in [0, 0.05) is 19.0 Å². The van der Waals surface area contributed by atoms with Crippen molar-refractivity contribution in [1.29, 1.82) is 0 Å². The summed E-state index contributed by atoms with van der Waals surface area (Å²) in [6.45, 7) is 11.6. The predicted molar refractivity (Wildman–Crippen MR) is 78.0 cm³/mol. The second kappa shape index (κ2) is 6.07. The number of aromatic nitrogens is 2. The lowest BCUT2D eigenvalue weighted by Gasteiger charge is -2.23. The molecule has 1 rings (SSSR count). The lowest BCUT2D eigenvalue weighted by Crippen LogP contribution is -2.29. The number of halogens is 1. The van der Waals surface area contributed by atoms with E-state index in [0.717, 1.165) is 42.2 Å². The number of rotatable bonds is 5. The van der Waals surface area contributed by atoms with Crippen molar-refractivity contribution in [2.24, 2.45) is 11.1 Å². The number of nitrogens with two attached hydrogens (primary N) is 1. The third-order valence-electron chi connectivity index (χ3n) is 3.02. The van der Waals surface area contributed by atoms with Crippen LogP contribution < -0.4 is 5.73 Å². The molecule has 1 atom stereocenters. The predicted octanol–water partition coefficient (Wildman–Crippen LogP) is 3.42. The van der Waals surface area contributed by atoms with Crippen LogP contribution in [0.1, 0.15) is 52.4 Å². The Morgan fingerprint density at radius 1 is 1.33 bits per heavy atom. The maximum Gasteiger partial charge on any atom is 0.0850 e. The summed E-state index contributed by atoms with van der Waals surface area (Å²) in [5.74, 6) is 0. The van der Waals surface area contributed by atoms with Crippen molar-refractivity contribution in [1.82, 2.24) is 9.78 Å². The SMILES string of the molecule is CCc1nn(CC)c(CC(N)CC(C)(C)C)c1Cl. The van der Waals surface area contributed by atoms with Crippen molar-refractivity contribution in [3.8, 4) is 0 Å². The molecule has 0 aromatic carbocycles. The summed E-state index contributed by atoms with van der Waals surface area (Å²) < 4.78 is 1.99. The van der Waals surface area contributed by atoms with Crippen LogP contribution >= 0.6 is 11.6 Å². The lowest BCUT2D eigenvalue weighted by molar-refractivity contribution is 0.335. The molecule has 0 aliphatic heterocycles. The Morgan fingerprint density at radius 3 is 2.39 bits per heavy atom. The van der Waals surface area contributed by atoms with Gasteiger partial charge in [0.25, 0.3) is 0 Å². The van der Waals surface area contributed by atoms with Gasteiger partial charge in [-0.25, -0.2) is 0 Å². The number of nitrogens with zero attached hydrogens (tertiary/aromatic N) is 2. The summed E-state index contributed by atoms with van der Waals surface area (Å²) in [4.78, 5) is 0. The van der Waals surface area contributed by atoms with Crippen molar-refractivity contribution >= 4 is 11.6 Å². The molecule has 0 spiro atoms. The van der Waals surface area contributed by atoms with Crippen LogP contribution in [0.5, 0.6) is 0 Å². The highest BCUT2D eigenvalue weighted by Gasteiger charge is 2.20. The molecule has 1 unspecified atom stereocenters. The van der Waals surface area contributed by atoms with E-state index in [-0.39, 0.29) is 11.5 Å². The van der Waals surface area contributed by atoms with E-state index in [1.54, 1.807) is 0 Å². The first-order chi connectivity index (χ1) is 8.28. The molecule has 0 aliphatic carbocycles. The number of hydrogen-bond acceptors (Lipinski definition) is 2. The fraction of sp³-hybridized carbons (Fsp3) is 0.786. The first kappa shape index (κ1) is 15.5. The Morgan fingerprint density at radius 2 is 1.94 bits per heavy atom. The van der Waals surface area contributed by atoms with Crippen molar-refractivity contribution < 1.29 is 0 Å². The lowest BCUT2D eigenvalue weighted by atomic mass is 9.87. The van der Waals surface area contributed by atoms with Crippen LogP contribution in [-0.4, -0.2) is 15.8 Å². The van der Waals surface area contributed by atoms with Gasteiger partial charge < -0.3 is 5.73 Å². The molecule has 1 aromatic rings. The first-order valence-corrected chi connectivity index (χ1v) is 7.16. The Balaban J connectivity index is 2.86. The Labute approximate surface area is 116 Å². The molecule has 0 saturated heterocycles. The van der Waals surface area contributed by atoms with E-state index >= 15 is 0 Å². The van der Waals surface area contributed by atoms with Crippen LogP contribution in [0, 0.1) is 5.41 Å². The van der Waals surface area contributed by atoms with E-state index < -0.39 is 0 Å². The standard InChI is InChI=1S/C14H26ClN3/c1-6-11-13(15)12(18(7-2)17-11)8-10(16)9-14(3,4)5/h10H,6-9,16H2,1-5H3. The van der Waals surface area contributed by atoms with Gasteiger partial charge >= 0.3 is 0 Å². The van der Waals surface area contributed by atoms with Gasteiger partial charge in [-0.3, -0.25) is 4.68 Å². The van der Waals surface area contributed by atoms with Gasteiger partial charge in [0.1, 0.15) is 0 Å². The Hall–Kier alpha value is -0.540. The van der Waals surface area contributed by atoms with Gasteiger partial charge in [0.2, 0.25) is 0 Å². The highest BCUT2D eigenvalue weighted by molar-refractivity contribution is 6.31. The van der Waals surface area contributed by atoms with Crippen LogP contribution in [0.4, 0.5) is 0 Å². The molecule has 0 fully saturated rings. The first-order valence-electron chi connectivity index (χ1n) is 6.78. The van der Waals surface area contributed by atoms with Gasteiger partial charge in [-0.15, -0.1) is 0 Å². The topological polar surface area (TPSA) is 43.8 Å². The molecule has 2 N–H and O–H groups in total. The average molecular weight is 272 g/mol. The monoisotopic (exact) mass is 271 g/mol. The van der Waals surface area contributed by atoms with E-state index in [1.807, 2.05) is 4.68 Å². The fourth-order valence-electron chi connectivity index (χ4n) is 2.32. The van der Waals surface area contributed by atoms with Crippen LogP contribution in [0.15, 0.2) is 0 Å². The van der Waals surface area contributed by atoms with Crippen LogP contribution in [0.2, 0.25) is 5.02 Å². The van der Waals surface area contributed by atoms with Gasteiger partial charge in [-0.2, -0.15) is 5.10 Å². The fourth-order valence-corrected chi connectivity index (χ4v) is 2.67. The number of aryl methyl sites for hydroxylation is 2. The van der Waals surface area contributed by atoms with E-state index in [2.05, 4.69) is 39.7 Å². The maximum absolute atomic E-state index is 6.38. The van der Waals surface area contributed by atoms with Crippen molar-refractivity contribution in [2.45, 2.75) is 66.5 Å². The third-order valence-corrected chi connectivity index (χ3v) is 3.46. The van der Waals surface area contributed by atoms with Crippen molar-refractivity contribution in [3.63, 3.8) is 0 Å². The molecule has 104 valence electrons.